The summed E-state index contributed by atoms with van der Waals surface area (Å²) in [4.78, 5) is 15.8. The first-order valence-electron chi connectivity index (χ1n) is 8.27. The molecule has 0 radical (unpaired) electrons. The average Bonchev–Trinajstić information content (AvgIpc) is 2.70. The van der Waals surface area contributed by atoms with Gasteiger partial charge in [-0.05, 0) is 48.4 Å². The van der Waals surface area contributed by atoms with Crippen LogP contribution in [0.1, 0.15) is 15.9 Å². The molecule has 0 aliphatic heterocycles. The van der Waals surface area contributed by atoms with E-state index in [1.807, 2.05) is 24.3 Å². The molecular weight excluding hydrogens is 366 g/mol. The molecule has 0 saturated carbocycles. The Morgan fingerprint density at radius 3 is 2.56 bits per heavy atom. The first kappa shape index (κ1) is 18.6. The van der Waals surface area contributed by atoms with Gasteiger partial charge in [-0.25, -0.2) is 4.79 Å². The van der Waals surface area contributed by atoms with Crippen LogP contribution in [-0.4, -0.2) is 34.8 Å². The number of carbonyl (C=O) groups excluding carboxylic acids is 1. The number of nitrogens with zero attached hydrogens (tertiary/aromatic N) is 3. The smallest absolute Gasteiger partial charge is 0.337 e. The lowest BCUT2D eigenvalue weighted by Crippen LogP contribution is -2.09. The number of halogens is 1. The number of aromatic nitrogens is 3. The fraction of sp³-hybridized carbons (Fsp3) is 0.158. The van der Waals surface area contributed by atoms with Crippen molar-refractivity contribution in [3.63, 3.8) is 0 Å². The molecule has 27 heavy (non-hydrogen) atoms. The summed E-state index contributed by atoms with van der Waals surface area (Å²) >= 11 is 5.88. The van der Waals surface area contributed by atoms with Crippen molar-refractivity contribution in [1.82, 2.24) is 15.2 Å². The summed E-state index contributed by atoms with van der Waals surface area (Å²) in [6.07, 6.45) is 2.34. The Bertz CT molecular complexity index is 901. The Balaban J connectivity index is 1.56. The molecule has 2 aromatic carbocycles. The first-order valence-corrected chi connectivity index (χ1v) is 8.65. The summed E-state index contributed by atoms with van der Waals surface area (Å²) in [5.41, 5.74) is 2.42. The highest BCUT2D eigenvalue weighted by molar-refractivity contribution is 6.30. The molecule has 7 nitrogen and oxygen atoms in total. The van der Waals surface area contributed by atoms with Crippen molar-refractivity contribution in [3.8, 4) is 0 Å². The summed E-state index contributed by atoms with van der Waals surface area (Å²) in [5, 5.41) is 14.9. The normalized spacial score (nSPS) is 10.3. The topological polar surface area (TPSA) is 89.0 Å². The Morgan fingerprint density at radius 2 is 1.85 bits per heavy atom. The number of rotatable bonds is 7. The third-order valence-corrected chi connectivity index (χ3v) is 4.00. The quantitative estimate of drug-likeness (QED) is 0.601. The van der Waals surface area contributed by atoms with Crippen LogP contribution in [0.3, 0.4) is 0 Å². The zero-order chi connectivity index (χ0) is 19.1. The van der Waals surface area contributed by atoms with Crippen molar-refractivity contribution in [2.24, 2.45) is 0 Å². The lowest BCUT2D eigenvalue weighted by atomic mass is 10.1. The van der Waals surface area contributed by atoms with Crippen LogP contribution in [0.2, 0.25) is 5.02 Å². The zero-order valence-electron chi connectivity index (χ0n) is 14.6. The maximum absolute atomic E-state index is 11.5. The van der Waals surface area contributed by atoms with Gasteiger partial charge in [-0.2, -0.15) is 10.1 Å². The molecule has 2 N–H and O–H groups in total. The van der Waals surface area contributed by atoms with Gasteiger partial charge in [-0.1, -0.05) is 23.7 Å². The van der Waals surface area contributed by atoms with Gasteiger partial charge in [0.2, 0.25) is 5.95 Å². The summed E-state index contributed by atoms with van der Waals surface area (Å²) in [6, 6.07) is 14.6. The number of nitrogens with one attached hydrogen (secondary N) is 2. The van der Waals surface area contributed by atoms with Gasteiger partial charge in [0.25, 0.3) is 0 Å². The molecule has 0 amide bonds. The number of benzene rings is 2. The number of ether oxygens (including phenoxy) is 1. The van der Waals surface area contributed by atoms with Crippen LogP contribution in [0.4, 0.5) is 17.5 Å². The van der Waals surface area contributed by atoms with Crippen LogP contribution in [-0.2, 0) is 11.2 Å². The fourth-order valence-corrected chi connectivity index (χ4v) is 2.49. The Labute approximate surface area is 161 Å². The number of esters is 1. The van der Waals surface area contributed by atoms with Gasteiger partial charge in [0.15, 0.2) is 5.82 Å². The summed E-state index contributed by atoms with van der Waals surface area (Å²) in [7, 11) is 1.35. The molecule has 0 saturated heterocycles. The lowest BCUT2D eigenvalue weighted by molar-refractivity contribution is 0.0601. The van der Waals surface area contributed by atoms with E-state index in [1.54, 1.807) is 24.3 Å². The van der Waals surface area contributed by atoms with Gasteiger partial charge < -0.3 is 15.4 Å². The molecule has 0 atom stereocenters. The minimum atomic E-state index is -0.377. The average molecular weight is 384 g/mol. The minimum absolute atomic E-state index is 0.377. The number of carbonyl (C=O) groups is 1. The van der Waals surface area contributed by atoms with E-state index in [-0.39, 0.29) is 5.97 Å². The van der Waals surface area contributed by atoms with Crippen LogP contribution in [0.5, 0.6) is 0 Å². The van der Waals surface area contributed by atoms with Crippen molar-refractivity contribution in [2.75, 3.05) is 24.3 Å². The second-order valence-corrected chi connectivity index (χ2v) is 6.10. The maximum Gasteiger partial charge on any atom is 0.337 e. The van der Waals surface area contributed by atoms with Gasteiger partial charge in [-0.3, -0.25) is 0 Å². The minimum Gasteiger partial charge on any atom is -0.465 e. The largest absolute Gasteiger partial charge is 0.465 e. The molecule has 138 valence electrons. The van der Waals surface area contributed by atoms with E-state index in [0.717, 1.165) is 17.1 Å². The van der Waals surface area contributed by atoms with Crippen molar-refractivity contribution < 1.29 is 9.53 Å². The van der Waals surface area contributed by atoms with E-state index in [1.165, 1.54) is 18.9 Å². The lowest BCUT2D eigenvalue weighted by Gasteiger charge is -2.08. The summed E-state index contributed by atoms with van der Waals surface area (Å²) in [6.45, 7) is 0.667. The Hall–Kier alpha value is -3.19. The van der Waals surface area contributed by atoms with Crippen LogP contribution in [0.25, 0.3) is 0 Å². The Kier molecular flexibility index (Phi) is 6.17. The number of methoxy groups -OCH3 is 1. The van der Waals surface area contributed by atoms with E-state index in [9.17, 15) is 4.79 Å². The SMILES string of the molecule is COC(=O)c1ccc(Nc2cnnc(NCCc3ccc(Cl)cc3)n2)cc1. The van der Waals surface area contributed by atoms with Gasteiger partial charge >= 0.3 is 5.97 Å². The summed E-state index contributed by atoms with van der Waals surface area (Å²) < 4.78 is 4.68. The summed E-state index contributed by atoms with van der Waals surface area (Å²) in [5.74, 6) is 0.599. The van der Waals surface area contributed by atoms with Crippen molar-refractivity contribution in [2.45, 2.75) is 6.42 Å². The van der Waals surface area contributed by atoms with Crippen molar-refractivity contribution >= 4 is 35.0 Å². The van der Waals surface area contributed by atoms with Gasteiger partial charge in [0, 0.05) is 17.3 Å². The molecule has 0 bridgehead atoms. The van der Waals surface area contributed by atoms with Crippen LogP contribution < -0.4 is 10.6 Å². The van der Waals surface area contributed by atoms with E-state index < -0.39 is 0 Å². The standard InChI is InChI=1S/C19H18ClN5O2/c1-27-18(26)14-4-8-16(9-5-14)23-17-12-22-25-19(24-17)21-11-10-13-2-6-15(20)7-3-13/h2-9,12H,10-11H2,1H3,(H2,21,23,24,25). The predicted octanol–water partition coefficient (Wildman–Crippen LogP) is 3.71. The molecule has 0 aliphatic rings. The molecule has 8 heteroatoms. The van der Waals surface area contributed by atoms with E-state index in [4.69, 9.17) is 11.6 Å². The van der Waals surface area contributed by atoms with Crippen LogP contribution in [0.15, 0.2) is 54.7 Å². The fourth-order valence-electron chi connectivity index (χ4n) is 2.36. The highest BCUT2D eigenvalue weighted by Gasteiger charge is 2.05. The number of anilines is 3. The van der Waals surface area contributed by atoms with Crippen LogP contribution >= 0.6 is 11.6 Å². The third-order valence-electron chi connectivity index (χ3n) is 3.75. The highest BCUT2D eigenvalue weighted by atomic mass is 35.5. The zero-order valence-corrected chi connectivity index (χ0v) is 15.4. The van der Waals surface area contributed by atoms with Gasteiger partial charge in [0.1, 0.15) is 0 Å². The maximum atomic E-state index is 11.5. The number of hydrogen-bond donors (Lipinski definition) is 2. The van der Waals surface area contributed by atoms with Crippen LogP contribution in [0, 0.1) is 0 Å². The second-order valence-electron chi connectivity index (χ2n) is 5.66. The monoisotopic (exact) mass is 383 g/mol. The van der Waals surface area contributed by atoms with Gasteiger partial charge in [-0.15, -0.1) is 5.10 Å². The van der Waals surface area contributed by atoms with Gasteiger partial charge in [0.05, 0.1) is 18.9 Å². The molecule has 0 fully saturated rings. The van der Waals surface area contributed by atoms with E-state index in [0.29, 0.717) is 23.9 Å². The molecule has 3 aromatic rings. The van der Waals surface area contributed by atoms with Crippen molar-refractivity contribution in [3.05, 3.63) is 70.9 Å². The van der Waals surface area contributed by atoms with Crippen molar-refractivity contribution in [1.29, 1.82) is 0 Å². The molecule has 3 rings (SSSR count). The predicted molar refractivity (Wildman–Crippen MR) is 105 cm³/mol. The second kappa shape index (κ2) is 8.95. The first-order chi connectivity index (χ1) is 13.1. The molecule has 1 heterocycles. The molecule has 0 aliphatic carbocycles. The molecular formula is C19H18ClN5O2. The highest BCUT2D eigenvalue weighted by Crippen LogP contribution is 2.16. The number of hydrogen-bond acceptors (Lipinski definition) is 7. The molecule has 0 unspecified atom stereocenters. The third kappa shape index (κ3) is 5.39. The molecule has 1 aromatic heterocycles. The van der Waals surface area contributed by atoms with E-state index in [2.05, 4.69) is 30.6 Å². The Morgan fingerprint density at radius 1 is 1.11 bits per heavy atom. The molecule has 0 spiro atoms. The van der Waals surface area contributed by atoms with E-state index >= 15 is 0 Å².